The molecule has 5 rings (SSSR count). The van der Waals surface area contributed by atoms with E-state index in [9.17, 15) is 14.3 Å². The van der Waals surface area contributed by atoms with Gasteiger partial charge in [-0.1, -0.05) is 74.8 Å². The highest BCUT2D eigenvalue weighted by molar-refractivity contribution is 7.22. The zero-order valence-electron chi connectivity index (χ0n) is 33.1. The standard InChI is InChI=1S/C42H53FN8O3S2/c1-6-50(7-2)25-14-10-8-9-11-15-26-51(37-28-30(3)39(48-47-37)46-41-44-33-19-12-13-20-35(33)55-41)42-45-38(40(52)53)36(56-42)21-17-27-54-34-23-22-31(29-32(34)43)18-16-24-49(4)5/h12-13,19-20,22-23,28-29H,6-11,14-15,17,21,24-27H2,1-5H3,(H,52,53)(H,44,46,48). The highest BCUT2D eigenvalue weighted by Crippen LogP contribution is 2.34. The summed E-state index contributed by atoms with van der Waals surface area (Å²) in [5.74, 6) is 5.72. The first-order valence-corrected chi connectivity index (χ1v) is 21.0. The first-order valence-electron chi connectivity index (χ1n) is 19.4. The van der Waals surface area contributed by atoms with E-state index >= 15 is 0 Å². The van der Waals surface area contributed by atoms with E-state index in [1.807, 2.05) is 61.2 Å². The van der Waals surface area contributed by atoms with E-state index in [1.165, 1.54) is 36.7 Å². The lowest BCUT2D eigenvalue weighted by molar-refractivity contribution is 0.0690. The third-order valence-electron chi connectivity index (χ3n) is 9.25. The average Bonchev–Trinajstić information content (AvgIpc) is 3.80. The van der Waals surface area contributed by atoms with Gasteiger partial charge < -0.3 is 25.0 Å². The van der Waals surface area contributed by atoms with Gasteiger partial charge in [-0.05, 0) is 108 Å². The van der Waals surface area contributed by atoms with E-state index in [0.29, 0.717) is 53.1 Å². The quantitative estimate of drug-likeness (QED) is 0.0515. The summed E-state index contributed by atoms with van der Waals surface area (Å²) in [6.07, 6.45) is 7.53. The number of fused-ring (bicyclic) bond motifs is 1. The Morgan fingerprint density at radius 3 is 2.38 bits per heavy atom. The monoisotopic (exact) mass is 800 g/mol. The molecule has 14 heteroatoms. The molecule has 3 aromatic heterocycles. The minimum absolute atomic E-state index is 0.00818. The van der Waals surface area contributed by atoms with Crippen LogP contribution in [-0.4, -0.2) is 94.5 Å². The van der Waals surface area contributed by atoms with Gasteiger partial charge in [-0.2, -0.15) is 0 Å². The van der Waals surface area contributed by atoms with Crippen molar-refractivity contribution in [3.05, 3.63) is 76.0 Å². The summed E-state index contributed by atoms with van der Waals surface area (Å²) in [5.41, 5.74) is 2.38. The molecule has 0 saturated heterocycles. The number of aryl methyl sites for hydroxylation is 2. The fourth-order valence-electron chi connectivity index (χ4n) is 6.12. The van der Waals surface area contributed by atoms with Crippen molar-refractivity contribution in [2.24, 2.45) is 0 Å². The number of aromatic carboxylic acids is 1. The number of nitrogens with zero attached hydrogens (tertiary/aromatic N) is 7. The van der Waals surface area contributed by atoms with Gasteiger partial charge in [0.1, 0.15) is 0 Å². The normalized spacial score (nSPS) is 11.3. The van der Waals surface area contributed by atoms with E-state index in [1.54, 1.807) is 23.5 Å². The summed E-state index contributed by atoms with van der Waals surface area (Å²) in [6, 6.07) is 14.6. The van der Waals surface area contributed by atoms with Crippen LogP contribution in [0.5, 0.6) is 5.75 Å². The minimum Gasteiger partial charge on any atom is -0.491 e. The number of thiazole rings is 2. The fraction of sp³-hybridized carbons (Fsp3) is 0.452. The maximum absolute atomic E-state index is 14.8. The van der Waals surface area contributed by atoms with Crippen molar-refractivity contribution in [3.63, 3.8) is 0 Å². The summed E-state index contributed by atoms with van der Waals surface area (Å²) < 4.78 is 21.6. The van der Waals surface area contributed by atoms with Crippen LogP contribution in [0.4, 0.5) is 26.3 Å². The molecule has 0 bridgehead atoms. The number of unbranched alkanes of at least 4 members (excludes halogenated alkanes) is 5. The molecular weight excluding hydrogens is 748 g/mol. The molecule has 0 aliphatic heterocycles. The molecule has 56 heavy (non-hydrogen) atoms. The van der Waals surface area contributed by atoms with Crippen LogP contribution in [0.15, 0.2) is 48.5 Å². The van der Waals surface area contributed by atoms with Gasteiger partial charge in [0.15, 0.2) is 39.2 Å². The molecule has 0 aliphatic carbocycles. The Kier molecular flexibility index (Phi) is 16.4. The average molecular weight is 801 g/mol. The van der Waals surface area contributed by atoms with Gasteiger partial charge in [0.25, 0.3) is 0 Å². The van der Waals surface area contributed by atoms with Gasteiger partial charge >= 0.3 is 5.97 Å². The molecule has 0 saturated carbocycles. The van der Waals surface area contributed by atoms with Crippen LogP contribution < -0.4 is 15.0 Å². The van der Waals surface area contributed by atoms with E-state index in [4.69, 9.17) is 4.74 Å². The Morgan fingerprint density at radius 2 is 1.68 bits per heavy atom. The van der Waals surface area contributed by atoms with Gasteiger partial charge in [0, 0.05) is 17.0 Å². The molecule has 0 aliphatic rings. The second-order valence-electron chi connectivity index (χ2n) is 13.9. The predicted molar refractivity (Wildman–Crippen MR) is 227 cm³/mol. The molecule has 2 N–H and O–H groups in total. The second-order valence-corrected chi connectivity index (χ2v) is 15.9. The zero-order chi connectivity index (χ0) is 39.9. The zero-order valence-corrected chi connectivity index (χ0v) is 34.7. The van der Waals surface area contributed by atoms with Crippen LogP contribution >= 0.6 is 22.7 Å². The van der Waals surface area contributed by atoms with Crippen molar-refractivity contribution in [2.45, 2.75) is 72.1 Å². The van der Waals surface area contributed by atoms with Crippen LogP contribution in [0, 0.1) is 24.6 Å². The maximum atomic E-state index is 14.8. The number of carbonyl (C=O) groups is 1. The summed E-state index contributed by atoms with van der Waals surface area (Å²) in [4.78, 5) is 28.7. The summed E-state index contributed by atoms with van der Waals surface area (Å²) in [6.45, 7) is 11.1. The van der Waals surface area contributed by atoms with Crippen LogP contribution in [0.2, 0.25) is 0 Å². The van der Waals surface area contributed by atoms with Crippen LogP contribution in [-0.2, 0) is 6.42 Å². The highest BCUT2D eigenvalue weighted by Gasteiger charge is 2.23. The van der Waals surface area contributed by atoms with Gasteiger partial charge in [-0.15, -0.1) is 21.5 Å². The molecule has 5 aromatic rings. The molecule has 0 fully saturated rings. The number of aromatic nitrogens is 4. The third-order valence-corrected chi connectivity index (χ3v) is 11.3. The summed E-state index contributed by atoms with van der Waals surface area (Å²) in [5, 5.41) is 23.9. The summed E-state index contributed by atoms with van der Waals surface area (Å²) in [7, 11) is 3.85. The van der Waals surface area contributed by atoms with E-state index in [2.05, 4.69) is 56.1 Å². The largest absolute Gasteiger partial charge is 0.491 e. The number of rotatable bonds is 22. The third kappa shape index (κ3) is 12.4. The number of benzene rings is 2. The van der Waals surface area contributed by atoms with E-state index < -0.39 is 11.8 Å². The molecule has 0 atom stereocenters. The molecular formula is C42H53FN8O3S2. The van der Waals surface area contributed by atoms with Gasteiger partial charge in [0.2, 0.25) is 0 Å². The van der Waals surface area contributed by atoms with E-state index in [-0.39, 0.29) is 18.1 Å². The smallest absolute Gasteiger partial charge is 0.355 e. The Bertz CT molecular complexity index is 2060. The lowest BCUT2D eigenvalue weighted by atomic mass is 10.1. The Labute approximate surface area is 338 Å². The molecule has 0 spiro atoms. The number of nitrogens with one attached hydrogen (secondary N) is 1. The number of hydrogen-bond donors (Lipinski definition) is 2. The number of carboxylic acids is 1. The van der Waals surface area contributed by atoms with Gasteiger partial charge in [-0.3, -0.25) is 4.90 Å². The topological polar surface area (TPSA) is 120 Å². The van der Waals surface area contributed by atoms with Crippen LogP contribution in [0.3, 0.4) is 0 Å². The van der Waals surface area contributed by atoms with Crippen molar-refractivity contribution in [2.75, 3.05) is 63.6 Å². The number of para-hydroxylation sites is 1. The minimum atomic E-state index is -1.09. The Morgan fingerprint density at radius 1 is 0.929 bits per heavy atom. The highest BCUT2D eigenvalue weighted by atomic mass is 32.1. The van der Waals surface area contributed by atoms with Crippen molar-refractivity contribution in [3.8, 4) is 17.6 Å². The molecule has 0 amide bonds. The molecule has 2 aromatic carbocycles. The van der Waals surface area contributed by atoms with Crippen molar-refractivity contribution >= 4 is 60.8 Å². The first kappa shape index (κ1) is 42.5. The number of carboxylic acid groups (broad SMARTS) is 1. The molecule has 0 unspecified atom stereocenters. The Hall–Kier alpha value is -4.68. The molecule has 3 heterocycles. The number of halogens is 1. The molecule has 0 radical (unpaired) electrons. The first-order chi connectivity index (χ1) is 27.1. The number of ether oxygens (including phenoxy) is 1. The van der Waals surface area contributed by atoms with Gasteiger partial charge in [-0.25, -0.2) is 19.2 Å². The number of anilines is 4. The Balaban J connectivity index is 1.26. The molecule has 298 valence electrons. The van der Waals surface area contributed by atoms with Crippen LogP contribution in [0.1, 0.15) is 85.3 Å². The fourth-order valence-corrected chi connectivity index (χ4v) is 8.11. The van der Waals surface area contributed by atoms with Crippen molar-refractivity contribution in [1.29, 1.82) is 0 Å². The van der Waals surface area contributed by atoms with Gasteiger partial charge in [0.05, 0.1) is 23.4 Å². The van der Waals surface area contributed by atoms with Crippen molar-refractivity contribution < 1.29 is 19.0 Å². The predicted octanol–water partition coefficient (Wildman–Crippen LogP) is 9.18. The lowest BCUT2D eigenvalue weighted by Gasteiger charge is -2.21. The van der Waals surface area contributed by atoms with Crippen molar-refractivity contribution in [1.82, 2.24) is 30.0 Å². The van der Waals surface area contributed by atoms with E-state index in [0.717, 1.165) is 59.8 Å². The second kappa shape index (κ2) is 21.6. The maximum Gasteiger partial charge on any atom is 0.355 e. The lowest BCUT2D eigenvalue weighted by Crippen LogP contribution is -2.23. The summed E-state index contributed by atoms with van der Waals surface area (Å²) >= 11 is 2.89. The SMILES string of the molecule is CCN(CC)CCCCCCCCN(c1cc(C)c(Nc2nc3ccccc3s2)nn1)c1nc(C(=O)O)c(CCCOc2ccc(C#CCN(C)C)cc2F)s1. The number of hydrogen-bond acceptors (Lipinski definition) is 12. The molecule has 11 nitrogen and oxygen atoms in total. The van der Waals surface area contributed by atoms with Crippen LogP contribution in [0.25, 0.3) is 10.2 Å².